The average molecular weight is 971 g/mol. The Morgan fingerprint density at radius 1 is 0.270 bits per heavy atom. The van der Waals surface area contributed by atoms with E-state index in [0.29, 0.717) is 47.7 Å². The van der Waals surface area contributed by atoms with Crippen LogP contribution in [0.5, 0.6) is 34.5 Å². The Balaban J connectivity index is 0.672. The fraction of sp³-hybridized carbons (Fsp3) is 0.0312. The highest BCUT2D eigenvalue weighted by Crippen LogP contribution is 2.31. The molecule has 358 valence electrons. The van der Waals surface area contributed by atoms with Gasteiger partial charge in [-0.15, -0.1) is 0 Å². The number of esters is 4. The van der Waals surface area contributed by atoms with Crippen LogP contribution < -0.4 is 28.4 Å². The molecule has 0 saturated heterocycles. The molecule has 11 rings (SSSR count). The van der Waals surface area contributed by atoms with Crippen LogP contribution in [0.2, 0.25) is 0 Å². The van der Waals surface area contributed by atoms with Crippen molar-refractivity contribution in [1.29, 1.82) is 0 Å². The van der Waals surface area contributed by atoms with E-state index in [2.05, 4.69) is 0 Å². The summed E-state index contributed by atoms with van der Waals surface area (Å²) in [7, 11) is 0. The van der Waals surface area contributed by atoms with Crippen LogP contribution in [0.15, 0.2) is 231 Å². The smallest absolute Gasteiger partial charge is 0.343 e. The van der Waals surface area contributed by atoms with Gasteiger partial charge in [0.1, 0.15) is 47.7 Å². The second kappa shape index (κ2) is 20.7. The van der Waals surface area contributed by atoms with E-state index < -0.39 is 23.9 Å². The van der Waals surface area contributed by atoms with Crippen molar-refractivity contribution >= 4 is 67.0 Å². The van der Waals surface area contributed by atoms with Gasteiger partial charge in [-0.2, -0.15) is 0 Å². The van der Waals surface area contributed by atoms with Gasteiger partial charge < -0.3 is 28.4 Å². The maximum Gasteiger partial charge on any atom is 0.343 e. The van der Waals surface area contributed by atoms with Crippen molar-refractivity contribution in [3.8, 4) is 34.5 Å². The lowest BCUT2D eigenvalue weighted by atomic mass is 10.1. The summed E-state index contributed by atoms with van der Waals surface area (Å²) < 4.78 is 35.3. The van der Waals surface area contributed by atoms with E-state index in [1.54, 1.807) is 72.8 Å². The van der Waals surface area contributed by atoms with Crippen molar-refractivity contribution in [2.24, 2.45) is 0 Å². The van der Waals surface area contributed by atoms with Gasteiger partial charge in [-0.25, -0.2) is 19.2 Å². The lowest BCUT2D eigenvalue weighted by molar-refractivity contribution is 0.0717. The highest BCUT2D eigenvalue weighted by atomic mass is 16.5. The molecule has 0 N–H and O–H groups in total. The molecule has 11 aromatic rings. The predicted molar refractivity (Wildman–Crippen MR) is 284 cm³/mol. The molecule has 0 unspecified atom stereocenters. The Morgan fingerprint density at radius 3 is 1.03 bits per heavy atom. The first-order chi connectivity index (χ1) is 36.2. The quantitative estimate of drug-likeness (QED) is 0.0768. The van der Waals surface area contributed by atoms with Gasteiger partial charge in [-0.05, 0) is 141 Å². The standard InChI is InChI=1S/C64H42O10/c65-61(47-13-5-15-49(33-47)63(67)73-59-19-7-11-45-9-1-3-17-57(45)59)71-55-31-27-43-25-29-53(35-51(43)37-55)69-39-41-21-23-42(24-22-41)40-70-54-30-26-44-28-32-56(38-52(44)36-54)72-62(66)48-14-6-16-50(34-48)64(68)74-60-20-8-12-46-10-2-4-18-58(46)60/h1-38H,39-40H2. The molecule has 0 saturated carbocycles. The minimum atomic E-state index is -0.613. The summed E-state index contributed by atoms with van der Waals surface area (Å²) in [4.78, 5) is 52.9. The first-order valence-corrected chi connectivity index (χ1v) is 23.7. The lowest BCUT2D eigenvalue weighted by Crippen LogP contribution is -2.12. The van der Waals surface area contributed by atoms with Crippen molar-refractivity contribution < 1.29 is 47.6 Å². The summed E-state index contributed by atoms with van der Waals surface area (Å²) in [5.41, 5.74) is 2.77. The zero-order valence-electron chi connectivity index (χ0n) is 39.4. The molecule has 11 aromatic carbocycles. The van der Waals surface area contributed by atoms with Crippen molar-refractivity contribution in [3.05, 3.63) is 264 Å². The van der Waals surface area contributed by atoms with Crippen LogP contribution in [0.25, 0.3) is 43.1 Å². The van der Waals surface area contributed by atoms with Crippen molar-refractivity contribution in [2.75, 3.05) is 0 Å². The van der Waals surface area contributed by atoms with E-state index in [4.69, 9.17) is 28.4 Å². The van der Waals surface area contributed by atoms with E-state index in [1.165, 1.54) is 12.1 Å². The zero-order valence-corrected chi connectivity index (χ0v) is 39.4. The zero-order chi connectivity index (χ0) is 50.4. The van der Waals surface area contributed by atoms with Crippen molar-refractivity contribution in [3.63, 3.8) is 0 Å². The minimum absolute atomic E-state index is 0.206. The van der Waals surface area contributed by atoms with E-state index >= 15 is 0 Å². The van der Waals surface area contributed by atoms with Crippen LogP contribution >= 0.6 is 0 Å². The number of carbonyl (C=O) groups is 4. The largest absolute Gasteiger partial charge is 0.489 e. The molecule has 0 atom stereocenters. The van der Waals surface area contributed by atoms with Gasteiger partial charge in [0.2, 0.25) is 0 Å². The monoisotopic (exact) mass is 970 g/mol. The molecular formula is C64H42O10. The number of carbonyl (C=O) groups excluding carboxylic acids is 4. The molecule has 0 radical (unpaired) electrons. The third kappa shape index (κ3) is 10.5. The van der Waals surface area contributed by atoms with Gasteiger partial charge >= 0.3 is 23.9 Å². The highest BCUT2D eigenvalue weighted by Gasteiger charge is 2.18. The fourth-order valence-corrected chi connectivity index (χ4v) is 8.54. The Hall–Kier alpha value is -10.1. The third-order valence-electron chi connectivity index (χ3n) is 12.4. The third-order valence-corrected chi connectivity index (χ3v) is 12.4. The molecule has 0 aliphatic rings. The first-order valence-electron chi connectivity index (χ1n) is 23.7. The maximum atomic E-state index is 13.3. The van der Waals surface area contributed by atoms with Gasteiger partial charge in [0.15, 0.2) is 0 Å². The van der Waals surface area contributed by atoms with E-state index in [1.807, 2.05) is 146 Å². The van der Waals surface area contributed by atoms with Gasteiger partial charge in [0.05, 0.1) is 22.3 Å². The summed E-state index contributed by atoms with van der Waals surface area (Å²) in [6.07, 6.45) is 0. The Labute approximate surface area is 424 Å². The lowest BCUT2D eigenvalue weighted by Gasteiger charge is -2.11. The molecule has 10 heteroatoms. The molecule has 0 heterocycles. The molecule has 0 aliphatic carbocycles. The second-order valence-electron chi connectivity index (χ2n) is 17.4. The van der Waals surface area contributed by atoms with Crippen LogP contribution in [-0.2, 0) is 13.2 Å². The van der Waals surface area contributed by atoms with Crippen molar-refractivity contribution in [1.82, 2.24) is 0 Å². The van der Waals surface area contributed by atoms with Crippen LogP contribution in [0.1, 0.15) is 52.6 Å². The normalized spacial score (nSPS) is 11.0. The molecule has 0 aliphatic heterocycles. The van der Waals surface area contributed by atoms with E-state index in [0.717, 1.165) is 54.2 Å². The fourth-order valence-electron chi connectivity index (χ4n) is 8.54. The molecule has 0 amide bonds. The summed E-state index contributed by atoms with van der Waals surface area (Å²) >= 11 is 0. The number of benzene rings is 11. The van der Waals surface area contributed by atoms with Crippen LogP contribution in [0.4, 0.5) is 0 Å². The predicted octanol–water partition coefficient (Wildman–Crippen LogP) is 14.3. The Morgan fingerprint density at radius 2 is 0.608 bits per heavy atom. The Kier molecular flexibility index (Phi) is 13.0. The van der Waals surface area contributed by atoms with Crippen LogP contribution in [-0.4, -0.2) is 23.9 Å². The summed E-state index contributed by atoms with van der Waals surface area (Å²) in [5.74, 6) is 0.440. The number of fused-ring (bicyclic) bond motifs is 4. The van der Waals surface area contributed by atoms with E-state index in [9.17, 15) is 19.2 Å². The molecule has 0 fully saturated rings. The minimum Gasteiger partial charge on any atom is -0.489 e. The number of hydrogen-bond acceptors (Lipinski definition) is 10. The molecule has 0 bridgehead atoms. The first kappa shape index (κ1) is 46.3. The van der Waals surface area contributed by atoms with Gasteiger partial charge in [-0.1, -0.05) is 133 Å². The average Bonchev–Trinajstić information content (AvgIpc) is 3.44. The number of ether oxygens (including phenoxy) is 6. The topological polar surface area (TPSA) is 124 Å². The molecule has 0 aromatic heterocycles. The molecule has 10 nitrogen and oxygen atoms in total. The van der Waals surface area contributed by atoms with Crippen LogP contribution in [0.3, 0.4) is 0 Å². The number of hydrogen-bond donors (Lipinski definition) is 0. The number of rotatable bonds is 14. The van der Waals surface area contributed by atoms with Crippen LogP contribution in [0, 0.1) is 0 Å². The van der Waals surface area contributed by atoms with Gasteiger partial charge in [-0.3, -0.25) is 0 Å². The SMILES string of the molecule is O=C(Oc1ccc2ccc(OCc3ccc(COc4ccc5ccc(OC(=O)c6cccc(C(=O)Oc7cccc8ccccc78)c6)cc5c4)cc3)cc2c1)c1cccc(C(=O)Oc2cccc3ccccc23)c1. The second-order valence-corrected chi connectivity index (χ2v) is 17.4. The van der Waals surface area contributed by atoms with Crippen molar-refractivity contribution in [2.45, 2.75) is 13.2 Å². The summed E-state index contributed by atoms with van der Waals surface area (Å²) in [5, 5.41) is 7.02. The Bertz CT molecular complexity index is 3690. The maximum absolute atomic E-state index is 13.3. The molecular weight excluding hydrogens is 929 g/mol. The molecule has 74 heavy (non-hydrogen) atoms. The van der Waals surface area contributed by atoms with Gasteiger partial charge in [0.25, 0.3) is 0 Å². The summed E-state index contributed by atoms with van der Waals surface area (Å²) in [6.45, 7) is 0.643. The van der Waals surface area contributed by atoms with E-state index in [-0.39, 0.29) is 22.3 Å². The molecule has 0 spiro atoms. The van der Waals surface area contributed by atoms with Gasteiger partial charge in [0, 0.05) is 10.8 Å². The summed E-state index contributed by atoms with van der Waals surface area (Å²) in [6, 6.07) is 68.9. The highest BCUT2D eigenvalue weighted by molar-refractivity contribution is 6.00.